The predicted octanol–water partition coefficient (Wildman–Crippen LogP) is 1.49. The summed E-state index contributed by atoms with van der Waals surface area (Å²) < 4.78 is 7.00. The van der Waals surface area contributed by atoms with Crippen LogP contribution in [0.4, 0.5) is 0 Å². The lowest BCUT2D eigenvalue weighted by molar-refractivity contribution is -0.151. The van der Waals surface area contributed by atoms with E-state index in [1.165, 1.54) is 7.11 Å². The number of hydrogen-bond donors (Lipinski definition) is 1. The van der Waals surface area contributed by atoms with E-state index in [2.05, 4.69) is 4.98 Å². The largest absolute Gasteiger partial charge is 0.481 e. The molecule has 0 bridgehead atoms. The van der Waals surface area contributed by atoms with Crippen LogP contribution in [-0.2, 0) is 16.1 Å². The number of nitrogens with zero attached hydrogens (tertiary/aromatic N) is 3. The molecule has 25 heavy (non-hydrogen) atoms. The zero-order chi connectivity index (χ0) is 17.9. The molecule has 2 aromatic rings. The van der Waals surface area contributed by atoms with Crippen molar-refractivity contribution in [1.29, 1.82) is 0 Å². The molecule has 1 aliphatic rings. The minimum absolute atomic E-state index is 0.104. The van der Waals surface area contributed by atoms with Gasteiger partial charge in [0.2, 0.25) is 0 Å². The molecule has 1 atom stereocenters. The molecule has 1 unspecified atom stereocenters. The molecule has 2 heterocycles. The van der Waals surface area contributed by atoms with E-state index in [-0.39, 0.29) is 19.1 Å². The van der Waals surface area contributed by atoms with Crippen molar-refractivity contribution >= 4 is 11.9 Å². The van der Waals surface area contributed by atoms with Crippen LogP contribution in [0.3, 0.4) is 0 Å². The van der Waals surface area contributed by atoms with Gasteiger partial charge in [0.1, 0.15) is 5.41 Å². The van der Waals surface area contributed by atoms with Gasteiger partial charge < -0.3 is 19.3 Å². The van der Waals surface area contributed by atoms with Crippen molar-refractivity contribution in [1.82, 2.24) is 14.5 Å². The maximum absolute atomic E-state index is 12.8. The normalized spacial score (nSPS) is 20.0. The monoisotopic (exact) mass is 343 g/mol. The molecule has 0 radical (unpaired) electrons. The van der Waals surface area contributed by atoms with Gasteiger partial charge in [0.15, 0.2) is 0 Å². The van der Waals surface area contributed by atoms with E-state index in [4.69, 9.17) is 4.74 Å². The van der Waals surface area contributed by atoms with Crippen molar-refractivity contribution in [3.63, 3.8) is 0 Å². The van der Waals surface area contributed by atoms with Gasteiger partial charge in [-0.25, -0.2) is 4.98 Å². The van der Waals surface area contributed by atoms with Crippen molar-refractivity contribution in [3.8, 4) is 0 Å². The molecule has 1 amide bonds. The number of benzene rings is 1. The van der Waals surface area contributed by atoms with Crippen molar-refractivity contribution < 1.29 is 19.4 Å². The third-order valence-corrected chi connectivity index (χ3v) is 4.61. The third-order valence-electron chi connectivity index (χ3n) is 4.61. The fraction of sp³-hybridized carbons (Fsp3) is 0.389. The Balaban J connectivity index is 1.74. The minimum Gasteiger partial charge on any atom is -0.481 e. The summed E-state index contributed by atoms with van der Waals surface area (Å²) in [5.74, 6) is -1.06. The van der Waals surface area contributed by atoms with E-state index in [1.54, 1.807) is 23.5 Å². The zero-order valence-corrected chi connectivity index (χ0v) is 14.1. The number of hydrogen-bond acceptors (Lipinski definition) is 4. The number of imidazole rings is 1. The molecule has 1 aromatic heterocycles. The van der Waals surface area contributed by atoms with Crippen molar-refractivity contribution in [2.45, 2.75) is 13.0 Å². The Morgan fingerprint density at radius 1 is 1.40 bits per heavy atom. The van der Waals surface area contributed by atoms with Crippen LogP contribution in [0.1, 0.15) is 22.3 Å². The second kappa shape index (κ2) is 7.06. The van der Waals surface area contributed by atoms with Crippen LogP contribution in [0.25, 0.3) is 0 Å². The highest BCUT2D eigenvalue weighted by Crippen LogP contribution is 2.32. The van der Waals surface area contributed by atoms with E-state index in [1.807, 2.05) is 29.0 Å². The summed E-state index contributed by atoms with van der Waals surface area (Å²) in [6, 6.07) is 7.40. The van der Waals surface area contributed by atoms with Gasteiger partial charge >= 0.3 is 5.97 Å². The van der Waals surface area contributed by atoms with Gasteiger partial charge in [-0.1, -0.05) is 12.1 Å². The number of carbonyl (C=O) groups excluding carboxylic acids is 1. The van der Waals surface area contributed by atoms with Gasteiger partial charge in [0, 0.05) is 44.7 Å². The second-order valence-electron chi connectivity index (χ2n) is 6.43. The fourth-order valence-electron chi connectivity index (χ4n) is 3.25. The predicted molar refractivity (Wildman–Crippen MR) is 90.2 cm³/mol. The fourth-order valence-corrected chi connectivity index (χ4v) is 3.25. The summed E-state index contributed by atoms with van der Waals surface area (Å²) in [4.78, 5) is 30.0. The number of carbonyl (C=O) groups is 2. The Bertz CT molecular complexity index is 759. The topological polar surface area (TPSA) is 84.7 Å². The van der Waals surface area contributed by atoms with Gasteiger partial charge in [0.25, 0.3) is 5.91 Å². The minimum atomic E-state index is -1.02. The number of methoxy groups -OCH3 is 1. The molecule has 0 saturated carbocycles. The van der Waals surface area contributed by atoms with Gasteiger partial charge in [-0.05, 0) is 24.1 Å². The lowest BCUT2D eigenvalue weighted by Gasteiger charge is -2.24. The standard InChI is InChI=1S/C18H21N3O4/c1-25-12-18(17(23)24)5-7-21(11-18)16(22)15-4-2-3-14(9-15)10-20-8-6-19-13-20/h2-4,6,8-9,13H,5,7,10-12H2,1H3,(H,23,24). The summed E-state index contributed by atoms with van der Waals surface area (Å²) in [5, 5.41) is 9.53. The maximum Gasteiger partial charge on any atom is 0.313 e. The van der Waals surface area contributed by atoms with E-state index in [0.29, 0.717) is 25.1 Å². The van der Waals surface area contributed by atoms with Crippen LogP contribution in [0, 0.1) is 5.41 Å². The van der Waals surface area contributed by atoms with Gasteiger partial charge in [-0.15, -0.1) is 0 Å². The summed E-state index contributed by atoms with van der Waals surface area (Å²) in [5.41, 5.74) is 0.541. The van der Waals surface area contributed by atoms with Crippen LogP contribution >= 0.6 is 0 Å². The molecule has 1 saturated heterocycles. The smallest absolute Gasteiger partial charge is 0.313 e. The number of aromatic nitrogens is 2. The maximum atomic E-state index is 12.8. The Morgan fingerprint density at radius 3 is 2.92 bits per heavy atom. The Kier molecular flexibility index (Phi) is 4.85. The van der Waals surface area contributed by atoms with Crippen molar-refractivity contribution in [2.75, 3.05) is 26.8 Å². The molecule has 132 valence electrons. The number of likely N-dealkylation sites (tertiary alicyclic amines) is 1. The molecule has 0 spiro atoms. The van der Waals surface area contributed by atoms with E-state index >= 15 is 0 Å². The third kappa shape index (κ3) is 3.56. The molecule has 1 fully saturated rings. The van der Waals surface area contributed by atoms with Crippen LogP contribution in [-0.4, -0.2) is 58.2 Å². The number of aliphatic carboxylic acids is 1. The van der Waals surface area contributed by atoms with Gasteiger partial charge in [-0.3, -0.25) is 9.59 Å². The highest BCUT2D eigenvalue weighted by molar-refractivity contribution is 5.95. The molecular weight excluding hydrogens is 322 g/mol. The van der Waals surface area contributed by atoms with Crippen LogP contribution < -0.4 is 0 Å². The molecule has 1 N–H and O–H groups in total. The quantitative estimate of drug-likeness (QED) is 0.859. The van der Waals surface area contributed by atoms with Crippen molar-refractivity contribution in [2.24, 2.45) is 5.41 Å². The number of rotatable bonds is 6. The van der Waals surface area contributed by atoms with Crippen LogP contribution in [0.5, 0.6) is 0 Å². The summed E-state index contributed by atoms with van der Waals surface area (Å²) in [7, 11) is 1.48. The van der Waals surface area contributed by atoms with E-state index in [9.17, 15) is 14.7 Å². The molecule has 1 aliphatic heterocycles. The first-order valence-corrected chi connectivity index (χ1v) is 8.10. The van der Waals surface area contributed by atoms with E-state index in [0.717, 1.165) is 5.56 Å². The van der Waals surface area contributed by atoms with Crippen LogP contribution in [0.2, 0.25) is 0 Å². The molecule has 1 aromatic carbocycles. The molecule has 0 aliphatic carbocycles. The summed E-state index contributed by atoms with van der Waals surface area (Å²) in [6.45, 7) is 1.32. The van der Waals surface area contributed by atoms with Crippen molar-refractivity contribution in [3.05, 3.63) is 54.1 Å². The number of carboxylic acids is 1. The zero-order valence-electron chi connectivity index (χ0n) is 14.1. The van der Waals surface area contributed by atoms with Gasteiger partial charge in [0.05, 0.1) is 12.9 Å². The lowest BCUT2D eigenvalue weighted by atomic mass is 9.88. The second-order valence-corrected chi connectivity index (χ2v) is 6.43. The van der Waals surface area contributed by atoms with E-state index < -0.39 is 11.4 Å². The lowest BCUT2D eigenvalue weighted by Crippen LogP contribution is -2.40. The summed E-state index contributed by atoms with van der Waals surface area (Å²) >= 11 is 0. The number of amides is 1. The average Bonchev–Trinajstić information content (AvgIpc) is 3.25. The molecule has 3 rings (SSSR count). The molecule has 7 nitrogen and oxygen atoms in total. The Labute approximate surface area is 145 Å². The molecular formula is C18H21N3O4. The Hall–Kier alpha value is -2.67. The highest BCUT2D eigenvalue weighted by atomic mass is 16.5. The highest BCUT2D eigenvalue weighted by Gasteiger charge is 2.46. The average molecular weight is 343 g/mol. The molecule has 7 heteroatoms. The van der Waals surface area contributed by atoms with Gasteiger partial charge in [-0.2, -0.15) is 0 Å². The Morgan fingerprint density at radius 2 is 2.24 bits per heavy atom. The van der Waals surface area contributed by atoms with Crippen LogP contribution in [0.15, 0.2) is 43.0 Å². The first kappa shape index (κ1) is 17.2. The summed E-state index contributed by atoms with van der Waals surface area (Å²) in [6.07, 6.45) is 5.69. The first-order valence-electron chi connectivity index (χ1n) is 8.10. The number of carboxylic acid groups (broad SMARTS) is 1. The first-order chi connectivity index (χ1) is 12.0. The number of ether oxygens (including phenoxy) is 1. The SMILES string of the molecule is COCC1(C(=O)O)CCN(C(=O)c2cccc(Cn3ccnc3)c2)C1.